The lowest BCUT2D eigenvalue weighted by Crippen LogP contribution is -2.13. The van der Waals surface area contributed by atoms with E-state index in [1.54, 1.807) is 11.3 Å². The number of hydrogen-bond acceptors (Lipinski definition) is 3. The lowest BCUT2D eigenvalue weighted by molar-refractivity contribution is 0.461. The minimum atomic E-state index is 0.649. The van der Waals surface area contributed by atoms with Gasteiger partial charge in [-0.05, 0) is 41.3 Å². The molecule has 1 aliphatic rings. The van der Waals surface area contributed by atoms with Gasteiger partial charge in [0.05, 0.1) is 11.7 Å². The molecule has 2 aromatic heterocycles. The van der Waals surface area contributed by atoms with E-state index in [1.165, 1.54) is 31.2 Å². The first-order valence-electron chi connectivity index (χ1n) is 6.67. The van der Waals surface area contributed by atoms with Gasteiger partial charge in [-0.3, -0.25) is 4.68 Å². The molecular weight excluding hydrogens is 242 g/mol. The fourth-order valence-electron chi connectivity index (χ4n) is 2.57. The van der Waals surface area contributed by atoms with E-state index >= 15 is 0 Å². The Morgan fingerprint density at radius 2 is 2.17 bits per heavy atom. The fourth-order valence-corrected chi connectivity index (χ4v) is 3.24. The largest absolute Gasteiger partial charge is 0.307 e. The molecule has 3 rings (SSSR count). The van der Waals surface area contributed by atoms with E-state index in [4.69, 9.17) is 0 Å². The molecule has 1 N–H and O–H groups in total. The van der Waals surface area contributed by atoms with Crippen LogP contribution in [-0.4, -0.2) is 9.78 Å². The summed E-state index contributed by atoms with van der Waals surface area (Å²) in [6.07, 6.45) is 7.44. The minimum absolute atomic E-state index is 0.649. The molecule has 0 saturated heterocycles. The van der Waals surface area contributed by atoms with Crippen molar-refractivity contribution < 1.29 is 0 Å². The molecule has 4 heteroatoms. The van der Waals surface area contributed by atoms with Crippen molar-refractivity contribution in [2.24, 2.45) is 0 Å². The quantitative estimate of drug-likeness (QED) is 0.894. The predicted octanol–water partition coefficient (Wildman–Crippen LogP) is 3.35. The summed E-state index contributed by atoms with van der Waals surface area (Å²) in [6, 6.07) is 4.95. The molecule has 2 heterocycles. The first kappa shape index (κ1) is 11.9. The third-order valence-corrected chi connectivity index (χ3v) is 4.31. The van der Waals surface area contributed by atoms with Crippen LogP contribution in [0.15, 0.2) is 29.1 Å². The van der Waals surface area contributed by atoms with E-state index in [0.717, 1.165) is 18.8 Å². The van der Waals surface area contributed by atoms with Crippen molar-refractivity contribution in [2.75, 3.05) is 0 Å². The second-order valence-corrected chi connectivity index (χ2v) is 5.74. The van der Waals surface area contributed by atoms with Gasteiger partial charge in [0.1, 0.15) is 0 Å². The Labute approximate surface area is 112 Å². The Morgan fingerprint density at radius 1 is 1.28 bits per heavy atom. The number of nitrogens with zero attached hydrogens (tertiary/aromatic N) is 2. The molecule has 0 amide bonds. The monoisotopic (exact) mass is 261 g/mol. The van der Waals surface area contributed by atoms with Gasteiger partial charge in [0.15, 0.2) is 0 Å². The van der Waals surface area contributed by atoms with Crippen molar-refractivity contribution in [3.05, 3.63) is 40.3 Å². The second kappa shape index (κ2) is 5.67. The topological polar surface area (TPSA) is 29.9 Å². The normalized spacial score (nSPS) is 16.4. The van der Waals surface area contributed by atoms with Crippen molar-refractivity contribution >= 4 is 11.3 Å². The van der Waals surface area contributed by atoms with E-state index in [2.05, 4.69) is 44.2 Å². The molecule has 96 valence electrons. The summed E-state index contributed by atoms with van der Waals surface area (Å²) in [7, 11) is 0. The zero-order chi connectivity index (χ0) is 12.2. The van der Waals surface area contributed by atoms with E-state index in [9.17, 15) is 0 Å². The lowest BCUT2D eigenvalue weighted by Gasteiger charge is -2.08. The van der Waals surface area contributed by atoms with Crippen molar-refractivity contribution in [1.82, 2.24) is 15.1 Å². The summed E-state index contributed by atoms with van der Waals surface area (Å²) in [6.45, 7) is 1.79. The summed E-state index contributed by atoms with van der Waals surface area (Å²) in [5, 5.41) is 12.4. The maximum atomic E-state index is 4.67. The summed E-state index contributed by atoms with van der Waals surface area (Å²) in [5.41, 5.74) is 2.51. The molecule has 0 radical (unpaired) electrons. The van der Waals surface area contributed by atoms with Gasteiger partial charge in [0.25, 0.3) is 0 Å². The van der Waals surface area contributed by atoms with E-state index in [0.29, 0.717) is 6.04 Å². The first-order chi connectivity index (χ1) is 8.92. The highest BCUT2D eigenvalue weighted by Gasteiger charge is 2.17. The van der Waals surface area contributed by atoms with Crippen LogP contribution in [0.5, 0.6) is 0 Å². The van der Waals surface area contributed by atoms with Crippen LogP contribution in [0.2, 0.25) is 0 Å². The van der Waals surface area contributed by atoms with Gasteiger partial charge in [0, 0.05) is 19.3 Å². The third kappa shape index (κ3) is 2.82. The van der Waals surface area contributed by atoms with E-state index in [-0.39, 0.29) is 0 Å². The summed E-state index contributed by atoms with van der Waals surface area (Å²) in [5.74, 6) is 0. The van der Waals surface area contributed by atoms with Crippen molar-refractivity contribution in [3.63, 3.8) is 0 Å². The van der Waals surface area contributed by atoms with Crippen LogP contribution in [0.3, 0.4) is 0 Å². The van der Waals surface area contributed by atoms with E-state index < -0.39 is 0 Å². The zero-order valence-electron chi connectivity index (χ0n) is 10.5. The fraction of sp³-hybridized carbons (Fsp3) is 0.500. The first-order valence-corrected chi connectivity index (χ1v) is 7.62. The maximum Gasteiger partial charge on any atom is 0.0762 e. The van der Waals surface area contributed by atoms with Gasteiger partial charge in [-0.25, -0.2) is 0 Å². The third-order valence-electron chi connectivity index (χ3n) is 3.58. The molecule has 1 saturated carbocycles. The van der Waals surface area contributed by atoms with Gasteiger partial charge in [-0.2, -0.15) is 16.4 Å². The molecule has 1 fully saturated rings. The van der Waals surface area contributed by atoms with Gasteiger partial charge >= 0.3 is 0 Å². The highest BCUT2D eigenvalue weighted by Crippen LogP contribution is 2.28. The number of rotatable bonds is 5. The zero-order valence-corrected chi connectivity index (χ0v) is 11.3. The molecule has 0 spiro atoms. The Hall–Kier alpha value is -1.13. The lowest BCUT2D eigenvalue weighted by atomic mass is 10.3. The summed E-state index contributed by atoms with van der Waals surface area (Å²) >= 11 is 1.75. The molecule has 0 unspecified atom stereocenters. The smallest absolute Gasteiger partial charge is 0.0762 e. The Morgan fingerprint density at radius 3 is 2.94 bits per heavy atom. The van der Waals surface area contributed by atoms with E-state index in [1.807, 2.05) is 0 Å². The Kier molecular flexibility index (Phi) is 3.76. The SMILES string of the molecule is c1cc(CNCc2ccn(C3CCCC3)n2)cs1. The van der Waals surface area contributed by atoms with Gasteiger partial charge in [0.2, 0.25) is 0 Å². The number of hydrogen-bond donors (Lipinski definition) is 1. The van der Waals surface area contributed by atoms with Crippen molar-refractivity contribution in [1.29, 1.82) is 0 Å². The molecule has 0 atom stereocenters. The number of nitrogens with one attached hydrogen (secondary N) is 1. The Balaban J connectivity index is 1.50. The molecule has 2 aromatic rings. The highest BCUT2D eigenvalue weighted by molar-refractivity contribution is 7.07. The summed E-state index contributed by atoms with van der Waals surface area (Å²) < 4.78 is 2.16. The highest BCUT2D eigenvalue weighted by atomic mass is 32.1. The molecule has 3 nitrogen and oxygen atoms in total. The molecule has 0 bridgehead atoms. The predicted molar refractivity (Wildman–Crippen MR) is 74.6 cm³/mol. The van der Waals surface area contributed by atoms with Crippen molar-refractivity contribution in [3.8, 4) is 0 Å². The average Bonchev–Trinajstić information content (AvgIpc) is 3.12. The van der Waals surface area contributed by atoms with Gasteiger partial charge < -0.3 is 5.32 Å². The summed E-state index contributed by atoms with van der Waals surface area (Å²) in [4.78, 5) is 0. The standard InChI is InChI=1S/C14H19N3S/c1-2-4-14(3-1)17-7-5-13(16-17)10-15-9-12-6-8-18-11-12/h5-8,11,14-15H,1-4,9-10H2. The van der Waals surface area contributed by atoms with Crippen LogP contribution in [0, 0.1) is 0 Å². The molecule has 0 aromatic carbocycles. The molecule has 1 aliphatic carbocycles. The van der Waals surface area contributed by atoms with Crippen LogP contribution in [-0.2, 0) is 13.1 Å². The van der Waals surface area contributed by atoms with Crippen LogP contribution in [0.25, 0.3) is 0 Å². The van der Waals surface area contributed by atoms with Crippen LogP contribution in [0.4, 0.5) is 0 Å². The second-order valence-electron chi connectivity index (χ2n) is 4.96. The van der Waals surface area contributed by atoms with Crippen LogP contribution in [0.1, 0.15) is 43.0 Å². The maximum absolute atomic E-state index is 4.67. The number of aromatic nitrogens is 2. The average molecular weight is 261 g/mol. The molecule has 18 heavy (non-hydrogen) atoms. The van der Waals surface area contributed by atoms with Crippen LogP contribution >= 0.6 is 11.3 Å². The number of thiophene rings is 1. The van der Waals surface area contributed by atoms with Crippen LogP contribution < -0.4 is 5.32 Å². The molecule has 0 aliphatic heterocycles. The van der Waals surface area contributed by atoms with Gasteiger partial charge in [-0.1, -0.05) is 12.8 Å². The minimum Gasteiger partial charge on any atom is -0.307 e. The van der Waals surface area contributed by atoms with Gasteiger partial charge in [-0.15, -0.1) is 0 Å². The van der Waals surface area contributed by atoms with Crippen molar-refractivity contribution in [2.45, 2.75) is 44.8 Å². The molecular formula is C14H19N3S. The Bertz CT molecular complexity index is 469.